The molecule has 3 rings (SSSR count). The Morgan fingerprint density at radius 2 is 2.04 bits per heavy atom. The van der Waals surface area contributed by atoms with E-state index in [1.807, 2.05) is 49.6 Å². The van der Waals surface area contributed by atoms with E-state index < -0.39 is 0 Å². The van der Waals surface area contributed by atoms with Crippen molar-refractivity contribution in [3.63, 3.8) is 0 Å². The van der Waals surface area contributed by atoms with Crippen molar-refractivity contribution in [3.8, 4) is 11.4 Å². The van der Waals surface area contributed by atoms with Gasteiger partial charge in [0.05, 0.1) is 5.75 Å². The van der Waals surface area contributed by atoms with Gasteiger partial charge in [0.2, 0.25) is 5.91 Å². The maximum absolute atomic E-state index is 12.4. The van der Waals surface area contributed by atoms with Gasteiger partial charge in [-0.1, -0.05) is 27.7 Å². The molecule has 1 aromatic carbocycles. The molecule has 1 N–H and O–H groups in total. The van der Waals surface area contributed by atoms with E-state index in [-0.39, 0.29) is 11.7 Å². The molecule has 0 saturated heterocycles. The number of rotatable bonds is 6. The van der Waals surface area contributed by atoms with Crippen molar-refractivity contribution in [2.75, 3.05) is 11.1 Å². The van der Waals surface area contributed by atoms with Gasteiger partial charge in [-0.25, -0.2) is 0 Å². The molecule has 0 unspecified atom stereocenters. The molecule has 0 aliphatic heterocycles. The van der Waals surface area contributed by atoms with E-state index in [9.17, 15) is 4.79 Å². The molecule has 8 heteroatoms. The molecule has 0 fully saturated rings. The molecule has 3 aromatic rings. The summed E-state index contributed by atoms with van der Waals surface area (Å²) >= 11 is 4.88. The van der Waals surface area contributed by atoms with Crippen LogP contribution in [0.15, 0.2) is 46.3 Å². The minimum absolute atomic E-state index is 0.0709. The van der Waals surface area contributed by atoms with Gasteiger partial charge < -0.3 is 9.88 Å². The van der Waals surface area contributed by atoms with Crippen molar-refractivity contribution in [1.82, 2.24) is 19.7 Å². The van der Waals surface area contributed by atoms with Crippen LogP contribution in [0, 0.1) is 13.8 Å². The Bertz CT molecular complexity index is 958. The van der Waals surface area contributed by atoms with Gasteiger partial charge in [-0.15, -0.1) is 10.2 Å². The fourth-order valence-electron chi connectivity index (χ4n) is 2.63. The first-order chi connectivity index (χ1) is 13.0. The minimum Gasteiger partial charge on any atom is -0.325 e. The van der Waals surface area contributed by atoms with Crippen LogP contribution in [-0.4, -0.2) is 31.4 Å². The Morgan fingerprint density at radius 1 is 1.22 bits per heavy atom. The third-order valence-corrected chi connectivity index (χ3v) is 6.11. The molecule has 140 valence electrons. The maximum atomic E-state index is 12.4. The summed E-state index contributed by atoms with van der Waals surface area (Å²) in [5, 5.41) is 12.2. The van der Waals surface area contributed by atoms with Gasteiger partial charge in [0.25, 0.3) is 0 Å². The van der Waals surface area contributed by atoms with E-state index in [4.69, 9.17) is 0 Å². The van der Waals surface area contributed by atoms with Gasteiger partial charge in [-0.05, 0) is 56.2 Å². The van der Waals surface area contributed by atoms with Crippen LogP contribution >= 0.6 is 27.7 Å². The van der Waals surface area contributed by atoms with Crippen LogP contribution in [-0.2, 0) is 11.3 Å². The zero-order valence-corrected chi connectivity index (χ0v) is 17.8. The van der Waals surface area contributed by atoms with E-state index in [0.717, 1.165) is 37.8 Å². The highest BCUT2D eigenvalue weighted by atomic mass is 79.9. The van der Waals surface area contributed by atoms with Crippen LogP contribution in [0.2, 0.25) is 0 Å². The summed E-state index contributed by atoms with van der Waals surface area (Å²) in [5.41, 5.74) is 3.91. The molecule has 2 heterocycles. The summed E-state index contributed by atoms with van der Waals surface area (Å²) in [6.07, 6.45) is 3.48. The second-order valence-corrected chi connectivity index (χ2v) is 7.77. The number of nitrogens with zero attached hydrogens (tertiary/aromatic N) is 4. The average molecular weight is 446 g/mol. The Labute approximate surface area is 170 Å². The number of aromatic nitrogens is 4. The highest BCUT2D eigenvalue weighted by Crippen LogP contribution is 2.27. The molecule has 6 nitrogen and oxygen atoms in total. The lowest BCUT2D eigenvalue weighted by Gasteiger charge is -2.12. The van der Waals surface area contributed by atoms with E-state index in [0.29, 0.717) is 6.54 Å². The highest BCUT2D eigenvalue weighted by molar-refractivity contribution is 9.10. The molecule has 0 bridgehead atoms. The quantitative estimate of drug-likeness (QED) is 0.566. The second kappa shape index (κ2) is 8.67. The van der Waals surface area contributed by atoms with Gasteiger partial charge in [-0.2, -0.15) is 0 Å². The highest BCUT2D eigenvalue weighted by Gasteiger charge is 2.15. The van der Waals surface area contributed by atoms with Gasteiger partial charge in [-0.3, -0.25) is 9.78 Å². The Hall–Kier alpha value is -2.19. The van der Waals surface area contributed by atoms with Crippen molar-refractivity contribution in [1.29, 1.82) is 0 Å². The summed E-state index contributed by atoms with van der Waals surface area (Å²) in [4.78, 5) is 16.5. The van der Waals surface area contributed by atoms with Gasteiger partial charge in [0.1, 0.15) is 0 Å². The summed E-state index contributed by atoms with van der Waals surface area (Å²) in [6.45, 7) is 6.76. The number of hydrogen-bond acceptors (Lipinski definition) is 5. The van der Waals surface area contributed by atoms with E-state index in [2.05, 4.69) is 36.4 Å². The van der Waals surface area contributed by atoms with E-state index in [1.165, 1.54) is 11.8 Å². The van der Waals surface area contributed by atoms with E-state index >= 15 is 0 Å². The third kappa shape index (κ3) is 4.39. The molecule has 0 radical (unpaired) electrons. The first kappa shape index (κ1) is 19.6. The number of carbonyl (C=O) groups is 1. The fraction of sp³-hybridized carbons (Fsp3) is 0.263. The molecule has 0 atom stereocenters. The predicted molar refractivity (Wildman–Crippen MR) is 112 cm³/mol. The van der Waals surface area contributed by atoms with Gasteiger partial charge in [0, 0.05) is 34.7 Å². The molecule has 0 spiro atoms. The van der Waals surface area contributed by atoms with Gasteiger partial charge in [0.15, 0.2) is 11.0 Å². The largest absolute Gasteiger partial charge is 0.325 e. The monoisotopic (exact) mass is 445 g/mol. The van der Waals surface area contributed by atoms with Crippen molar-refractivity contribution in [2.24, 2.45) is 0 Å². The van der Waals surface area contributed by atoms with Gasteiger partial charge >= 0.3 is 0 Å². The van der Waals surface area contributed by atoms with Crippen molar-refractivity contribution >= 4 is 39.3 Å². The summed E-state index contributed by atoms with van der Waals surface area (Å²) in [7, 11) is 0. The SMILES string of the molecule is CCn1c(SCC(=O)Nc2ccc(Br)c(C)c2C)nnc1-c1cccnc1. The lowest BCUT2D eigenvalue weighted by atomic mass is 10.1. The molecule has 0 saturated carbocycles. The summed E-state index contributed by atoms with van der Waals surface area (Å²) < 4.78 is 3.02. The number of halogens is 1. The van der Waals surface area contributed by atoms with Crippen molar-refractivity contribution in [2.45, 2.75) is 32.5 Å². The Kier molecular flexibility index (Phi) is 6.28. The zero-order valence-electron chi connectivity index (χ0n) is 15.4. The number of benzene rings is 1. The lowest BCUT2D eigenvalue weighted by Crippen LogP contribution is -2.15. The maximum Gasteiger partial charge on any atom is 0.234 e. The Balaban J connectivity index is 1.69. The normalized spacial score (nSPS) is 10.8. The van der Waals surface area contributed by atoms with E-state index in [1.54, 1.807) is 12.4 Å². The van der Waals surface area contributed by atoms with Crippen LogP contribution in [0.5, 0.6) is 0 Å². The van der Waals surface area contributed by atoms with Crippen LogP contribution in [0.3, 0.4) is 0 Å². The number of anilines is 1. The summed E-state index contributed by atoms with van der Waals surface area (Å²) in [5.74, 6) is 0.950. The summed E-state index contributed by atoms with van der Waals surface area (Å²) in [6, 6.07) is 7.67. The first-order valence-corrected chi connectivity index (χ1v) is 10.3. The number of amides is 1. The third-order valence-electron chi connectivity index (χ3n) is 4.28. The number of nitrogens with one attached hydrogen (secondary N) is 1. The smallest absolute Gasteiger partial charge is 0.234 e. The fourth-order valence-corrected chi connectivity index (χ4v) is 3.86. The Morgan fingerprint density at radius 3 is 2.74 bits per heavy atom. The van der Waals surface area contributed by atoms with Crippen LogP contribution in [0.4, 0.5) is 5.69 Å². The predicted octanol–water partition coefficient (Wildman–Crippen LogP) is 4.47. The van der Waals surface area contributed by atoms with Crippen molar-refractivity contribution < 1.29 is 4.79 Å². The first-order valence-electron chi connectivity index (χ1n) is 8.53. The average Bonchev–Trinajstić information content (AvgIpc) is 3.10. The molecule has 2 aromatic heterocycles. The lowest BCUT2D eigenvalue weighted by molar-refractivity contribution is -0.113. The van der Waals surface area contributed by atoms with Crippen LogP contribution < -0.4 is 5.32 Å². The number of hydrogen-bond donors (Lipinski definition) is 1. The second-order valence-electron chi connectivity index (χ2n) is 5.97. The minimum atomic E-state index is -0.0709. The van der Waals surface area contributed by atoms with Crippen molar-refractivity contribution in [3.05, 3.63) is 52.3 Å². The number of thioether (sulfide) groups is 1. The zero-order chi connectivity index (χ0) is 19.4. The molecule has 0 aliphatic rings. The number of pyridine rings is 1. The molecule has 1 amide bonds. The van der Waals surface area contributed by atoms with Crippen LogP contribution in [0.25, 0.3) is 11.4 Å². The molecular formula is C19H20BrN5OS. The number of carbonyl (C=O) groups excluding carboxylic acids is 1. The topological polar surface area (TPSA) is 72.7 Å². The standard InChI is InChI=1S/C19H20BrN5OS/c1-4-25-18(14-6-5-9-21-10-14)23-24-19(25)27-11-17(26)22-16-8-7-15(20)12(2)13(16)3/h5-10H,4,11H2,1-3H3,(H,22,26). The molecule has 0 aliphatic carbocycles. The van der Waals surface area contributed by atoms with Crippen LogP contribution in [0.1, 0.15) is 18.1 Å². The molecular weight excluding hydrogens is 426 g/mol. The molecule has 27 heavy (non-hydrogen) atoms.